The van der Waals surface area contributed by atoms with Gasteiger partial charge in [0, 0.05) is 26.7 Å². The third-order valence-corrected chi connectivity index (χ3v) is 2.73. The SMILES string of the molecule is CC(=O)Nc1ccc(Oc2ccccc2)c(N(C)C)c1. The Bertz CT molecular complexity index is 595. The van der Waals surface area contributed by atoms with Crippen LogP contribution in [0.2, 0.25) is 0 Å². The number of ether oxygens (including phenoxy) is 1. The Labute approximate surface area is 119 Å². The van der Waals surface area contributed by atoms with Gasteiger partial charge < -0.3 is 15.0 Å². The number of nitrogens with one attached hydrogen (secondary N) is 1. The molecule has 0 aliphatic carbocycles. The first-order chi connectivity index (χ1) is 9.56. The summed E-state index contributed by atoms with van der Waals surface area (Å²) in [6.45, 7) is 1.49. The van der Waals surface area contributed by atoms with Crippen molar-refractivity contribution >= 4 is 17.3 Å². The van der Waals surface area contributed by atoms with Crippen molar-refractivity contribution in [2.45, 2.75) is 6.92 Å². The van der Waals surface area contributed by atoms with Gasteiger partial charge in [0.1, 0.15) is 5.75 Å². The third-order valence-electron chi connectivity index (χ3n) is 2.73. The maximum absolute atomic E-state index is 11.1. The average Bonchev–Trinajstić information content (AvgIpc) is 2.41. The second-order valence-corrected chi connectivity index (χ2v) is 4.67. The topological polar surface area (TPSA) is 41.6 Å². The molecule has 0 radical (unpaired) electrons. The highest BCUT2D eigenvalue weighted by Crippen LogP contribution is 2.33. The van der Waals surface area contributed by atoms with E-state index in [9.17, 15) is 4.79 Å². The Kier molecular flexibility index (Phi) is 4.25. The Hall–Kier alpha value is -2.49. The minimum Gasteiger partial charge on any atom is -0.455 e. The summed E-state index contributed by atoms with van der Waals surface area (Å²) in [7, 11) is 3.87. The van der Waals surface area contributed by atoms with Crippen molar-refractivity contribution in [2.75, 3.05) is 24.3 Å². The summed E-state index contributed by atoms with van der Waals surface area (Å²) >= 11 is 0. The molecule has 1 amide bonds. The number of rotatable bonds is 4. The Morgan fingerprint density at radius 2 is 1.80 bits per heavy atom. The van der Waals surface area contributed by atoms with Gasteiger partial charge in [-0.05, 0) is 30.3 Å². The fourth-order valence-corrected chi connectivity index (χ4v) is 1.85. The van der Waals surface area contributed by atoms with Crippen LogP contribution in [0.3, 0.4) is 0 Å². The van der Waals surface area contributed by atoms with E-state index in [4.69, 9.17) is 4.74 Å². The van der Waals surface area contributed by atoms with E-state index in [1.807, 2.05) is 67.5 Å². The van der Waals surface area contributed by atoms with Gasteiger partial charge in [0.25, 0.3) is 0 Å². The minimum absolute atomic E-state index is 0.0913. The molecule has 0 aliphatic rings. The number of nitrogens with zero attached hydrogens (tertiary/aromatic N) is 1. The van der Waals surface area contributed by atoms with E-state index in [-0.39, 0.29) is 5.91 Å². The molecule has 1 N–H and O–H groups in total. The fraction of sp³-hybridized carbons (Fsp3) is 0.188. The molecule has 4 heteroatoms. The van der Waals surface area contributed by atoms with Crippen LogP contribution in [0, 0.1) is 0 Å². The lowest BCUT2D eigenvalue weighted by Crippen LogP contribution is -2.12. The molecule has 4 nitrogen and oxygen atoms in total. The van der Waals surface area contributed by atoms with E-state index in [1.54, 1.807) is 0 Å². The van der Waals surface area contributed by atoms with Crippen LogP contribution in [-0.4, -0.2) is 20.0 Å². The monoisotopic (exact) mass is 270 g/mol. The summed E-state index contributed by atoms with van der Waals surface area (Å²) in [4.78, 5) is 13.1. The standard InChI is InChI=1S/C16H18N2O2/c1-12(19)17-13-9-10-16(15(11-13)18(2)3)20-14-7-5-4-6-8-14/h4-11H,1-3H3,(H,17,19). The van der Waals surface area contributed by atoms with Crippen LogP contribution < -0.4 is 15.0 Å². The van der Waals surface area contributed by atoms with Gasteiger partial charge in [0.15, 0.2) is 5.75 Å². The van der Waals surface area contributed by atoms with E-state index < -0.39 is 0 Å². The zero-order valence-electron chi connectivity index (χ0n) is 11.9. The molecule has 0 heterocycles. The first-order valence-corrected chi connectivity index (χ1v) is 6.38. The smallest absolute Gasteiger partial charge is 0.221 e. The van der Waals surface area contributed by atoms with Crippen LogP contribution >= 0.6 is 0 Å². The molecular weight excluding hydrogens is 252 g/mol. The number of benzene rings is 2. The predicted molar refractivity (Wildman–Crippen MR) is 81.6 cm³/mol. The molecule has 0 aromatic heterocycles. The zero-order chi connectivity index (χ0) is 14.5. The number of amides is 1. The van der Waals surface area contributed by atoms with E-state index >= 15 is 0 Å². The highest BCUT2D eigenvalue weighted by atomic mass is 16.5. The van der Waals surface area contributed by atoms with Crippen LogP contribution in [-0.2, 0) is 4.79 Å². The van der Waals surface area contributed by atoms with E-state index in [2.05, 4.69) is 5.32 Å². The summed E-state index contributed by atoms with van der Waals surface area (Å²) in [5.41, 5.74) is 1.65. The summed E-state index contributed by atoms with van der Waals surface area (Å²) in [5.74, 6) is 1.43. The van der Waals surface area contributed by atoms with E-state index in [0.717, 1.165) is 22.9 Å². The summed E-state index contributed by atoms with van der Waals surface area (Å²) in [6, 6.07) is 15.2. The quantitative estimate of drug-likeness (QED) is 0.924. The number of anilines is 2. The van der Waals surface area contributed by atoms with Gasteiger partial charge in [-0.15, -0.1) is 0 Å². The zero-order valence-corrected chi connectivity index (χ0v) is 11.9. The minimum atomic E-state index is -0.0913. The molecule has 0 saturated carbocycles. The van der Waals surface area contributed by atoms with Crippen LogP contribution in [0.15, 0.2) is 48.5 Å². The van der Waals surface area contributed by atoms with Crippen LogP contribution in [0.4, 0.5) is 11.4 Å². The van der Waals surface area contributed by atoms with Crippen LogP contribution in [0.25, 0.3) is 0 Å². The maximum atomic E-state index is 11.1. The molecule has 2 rings (SSSR count). The molecule has 0 aliphatic heterocycles. The van der Waals surface area contributed by atoms with Gasteiger partial charge in [0.2, 0.25) is 5.91 Å². The molecule has 0 bridgehead atoms. The van der Waals surface area contributed by atoms with Gasteiger partial charge in [-0.3, -0.25) is 4.79 Å². The molecule has 0 unspecified atom stereocenters. The number of para-hydroxylation sites is 1. The van der Waals surface area contributed by atoms with Crippen molar-refractivity contribution in [1.29, 1.82) is 0 Å². The lowest BCUT2D eigenvalue weighted by Gasteiger charge is -2.19. The second-order valence-electron chi connectivity index (χ2n) is 4.67. The van der Waals surface area contributed by atoms with Crippen molar-refractivity contribution in [3.63, 3.8) is 0 Å². The number of hydrogen-bond donors (Lipinski definition) is 1. The molecule has 104 valence electrons. The fourth-order valence-electron chi connectivity index (χ4n) is 1.85. The normalized spacial score (nSPS) is 9.95. The van der Waals surface area contributed by atoms with Gasteiger partial charge in [-0.2, -0.15) is 0 Å². The van der Waals surface area contributed by atoms with Gasteiger partial charge in [0.05, 0.1) is 5.69 Å². The Morgan fingerprint density at radius 3 is 2.40 bits per heavy atom. The highest BCUT2D eigenvalue weighted by Gasteiger charge is 2.09. The maximum Gasteiger partial charge on any atom is 0.221 e. The number of carbonyl (C=O) groups excluding carboxylic acids is 1. The third kappa shape index (κ3) is 3.51. The van der Waals surface area contributed by atoms with Gasteiger partial charge in [-0.25, -0.2) is 0 Å². The first-order valence-electron chi connectivity index (χ1n) is 6.38. The first kappa shape index (κ1) is 13.9. The Balaban J connectivity index is 2.30. The number of hydrogen-bond acceptors (Lipinski definition) is 3. The van der Waals surface area contributed by atoms with Crippen molar-refractivity contribution in [1.82, 2.24) is 0 Å². The largest absolute Gasteiger partial charge is 0.455 e. The molecule has 2 aromatic rings. The van der Waals surface area contributed by atoms with Crippen LogP contribution in [0.1, 0.15) is 6.92 Å². The van der Waals surface area contributed by atoms with Crippen molar-refractivity contribution in [2.24, 2.45) is 0 Å². The summed E-state index contributed by atoms with van der Waals surface area (Å²) < 4.78 is 5.88. The molecule has 0 saturated heterocycles. The Morgan fingerprint density at radius 1 is 1.10 bits per heavy atom. The molecule has 0 fully saturated rings. The highest BCUT2D eigenvalue weighted by molar-refractivity contribution is 5.89. The summed E-state index contributed by atoms with van der Waals surface area (Å²) in [6.07, 6.45) is 0. The lowest BCUT2D eigenvalue weighted by molar-refractivity contribution is -0.114. The second kappa shape index (κ2) is 6.10. The number of carbonyl (C=O) groups is 1. The molecule has 0 atom stereocenters. The van der Waals surface area contributed by atoms with E-state index in [1.165, 1.54) is 6.92 Å². The van der Waals surface area contributed by atoms with Crippen molar-refractivity contribution in [3.05, 3.63) is 48.5 Å². The molecule has 2 aromatic carbocycles. The summed E-state index contributed by atoms with van der Waals surface area (Å²) in [5, 5.41) is 2.77. The van der Waals surface area contributed by atoms with Crippen molar-refractivity contribution < 1.29 is 9.53 Å². The van der Waals surface area contributed by atoms with Gasteiger partial charge >= 0.3 is 0 Å². The molecule has 0 spiro atoms. The predicted octanol–water partition coefficient (Wildman–Crippen LogP) is 3.50. The molecular formula is C16H18N2O2. The lowest BCUT2D eigenvalue weighted by atomic mass is 10.2. The van der Waals surface area contributed by atoms with Crippen molar-refractivity contribution in [3.8, 4) is 11.5 Å². The van der Waals surface area contributed by atoms with Crippen LogP contribution in [0.5, 0.6) is 11.5 Å². The van der Waals surface area contributed by atoms with Gasteiger partial charge in [-0.1, -0.05) is 18.2 Å². The molecule has 20 heavy (non-hydrogen) atoms. The average molecular weight is 270 g/mol. The van der Waals surface area contributed by atoms with E-state index in [0.29, 0.717) is 0 Å².